The molecule has 0 amide bonds. The molecule has 0 radical (unpaired) electrons. The Labute approximate surface area is 125 Å². The standard InChI is InChI=1S/C11H10Br2O4S/c1-16-9-7(12)6-5(18-9)3-4-11(13,8(6)14)10(15)17-2/h3-4H2,1-2H3. The number of ether oxygens (including phenoxy) is 2. The number of carbonyl (C=O) groups excluding carboxylic acids is 2. The summed E-state index contributed by atoms with van der Waals surface area (Å²) >= 11 is 8.02. The summed E-state index contributed by atoms with van der Waals surface area (Å²) in [5, 5.41) is 0.648. The number of alkyl halides is 1. The first-order valence-corrected chi connectivity index (χ1v) is 7.53. The molecule has 1 aromatic heterocycles. The van der Waals surface area contributed by atoms with Gasteiger partial charge in [0, 0.05) is 4.88 Å². The molecular weight excluding hydrogens is 388 g/mol. The fourth-order valence-electron chi connectivity index (χ4n) is 1.92. The normalized spacial score (nSPS) is 22.6. The van der Waals surface area contributed by atoms with Crippen LogP contribution in [0.2, 0.25) is 0 Å². The number of fused-ring (bicyclic) bond motifs is 1. The lowest BCUT2D eigenvalue weighted by atomic mass is 9.87. The van der Waals surface area contributed by atoms with Crippen molar-refractivity contribution in [2.75, 3.05) is 14.2 Å². The molecule has 18 heavy (non-hydrogen) atoms. The van der Waals surface area contributed by atoms with Crippen LogP contribution in [0.1, 0.15) is 21.7 Å². The molecule has 1 aromatic rings. The predicted molar refractivity (Wildman–Crippen MR) is 74.9 cm³/mol. The minimum absolute atomic E-state index is 0.276. The van der Waals surface area contributed by atoms with E-state index in [-0.39, 0.29) is 5.78 Å². The van der Waals surface area contributed by atoms with Crippen molar-refractivity contribution in [3.8, 4) is 5.06 Å². The molecular formula is C11H10Br2O4S. The number of halogens is 2. The van der Waals surface area contributed by atoms with Crippen LogP contribution in [0.3, 0.4) is 0 Å². The number of rotatable bonds is 2. The van der Waals surface area contributed by atoms with Crippen LogP contribution in [0, 0.1) is 0 Å². The molecule has 0 fully saturated rings. The first-order chi connectivity index (χ1) is 8.45. The first-order valence-electron chi connectivity index (χ1n) is 5.13. The van der Waals surface area contributed by atoms with Crippen LogP contribution in [0.15, 0.2) is 4.47 Å². The van der Waals surface area contributed by atoms with E-state index in [1.54, 1.807) is 7.11 Å². The SMILES string of the molecule is COC(=O)C1(Br)CCc2sc(OC)c(Br)c2C1=O. The van der Waals surface area contributed by atoms with E-state index in [4.69, 9.17) is 9.47 Å². The maximum Gasteiger partial charge on any atom is 0.330 e. The van der Waals surface area contributed by atoms with Crippen molar-refractivity contribution in [3.05, 3.63) is 14.9 Å². The number of aryl methyl sites for hydroxylation is 1. The lowest BCUT2D eigenvalue weighted by molar-refractivity contribution is -0.142. The van der Waals surface area contributed by atoms with Gasteiger partial charge in [-0.2, -0.15) is 0 Å². The summed E-state index contributed by atoms with van der Waals surface area (Å²) in [6.07, 6.45) is 1.02. The van der Waals surface area contributed by atoms with Crippen LogP contribution in [-0.2, 0) is 16.0 Å². The van der Waals surface area contributed by atoms with Crippen LogP contribution in [0.5, 0.6) is 5.06 Å². The van der Waals surface area contributed by atoms with Gasteiger partial charge in [-0.1, -0.05) is 15.9 Å². The van der Waals surface area contributed by atoms with E-state index >= 15 is 0 Å². The van der Waals surface area contributed by atoms with Gasteiger partial charge in [0.15, 0.2) is 15.2 Å². The molecule has 1 unspecified atom stereocenters. The zero-order valence-electron chi connectivity index (χ0n) is 9.71. The Kier molecular flexibility index (Phi) is 3.85. The van der Waals surface area contributed by atoms with Crippen molar-refractivity contribution in [3.63, 3.8) is 0 Å². The molecule has 0 aromatic carbocycles. The third-order valence-electron chi connectivity index (χ3n) is 2.87. The second kappa shape index (κ2) is 4.94. The Hall–Kier alpha value is -0.400. The smallest absolute Gasteiger partial charge is 0.330 e. The van der Waals surface area contributed by atoms with E-state index < -0.39 is 10.3 Å². The van der Waals surface area contributed by atoms with Crippen molar-refractivity contribution in [1.82, 2.24) is 0 Å². The number of thiophene rings is 1. The van der Waals surface area contributed by atoms with Crippen LogP contribution in [-0.4, -0.2) is 30.3 Å². The predicted octanol–water partition coefficient (Wildman–Crippen LogP) is 2.95. The van der Waals surface area contributed by atoms with Gasteiger partial charge in [-0.15, -0.1) is 11.3 Å². The Morgan fingerprint density at radius 3 is 2.67 bits per heavy atom. The van der Waals surface area contributed by atoms with Crippen LogP contribution in [0.4, 0.5) is 0 Å². The fourth-order valence-corrected chi connectivity index (χ4v) is 4.43. The highest BCUT2D eigenvalue weighted by Crippen LogP contribution is 2.47. The monoisotopic (exact) mass is 396 g/mol. The highest BCUT2D eigenvalue weighted by atomic mass is 79.9. The summed E-state index contributed by atoms with van der Waals surface area (Å²) in [5.74, 6) is -0.836. The topological polar surface area (TPSA) is 52.6 Å². The lowest BCUT2D eigenvalue weighted by Crippen LogP contribution is -2.44. The number of hydrogen-bond acceptors (Lipinski definition) is 5. The van der Waals surface area contributed by atoms with Gasteiger partial charge in [0.2, 0.25) is 0 Å². The highest BCUT2D eigenvalue weighted by molar-refractivity contribution is 9.11. The minimum Gasteiger partial charge on any atom is -0.486 e. The number of carbonyl (C=O) groups is 2. The molecule has 1 aliphatic rings. The van der Waals surface area contributed by atoms with Crippen molar-refractivity contribution >= 4 is 54.9 Å². The van der Waals surface area contributed by atoms with Gasteiger partial charge in [-0.3, -0.25) is 9.59 Å². The van der Waals surface area contributed by atoms with Gasteiger partial charge in [0.1, 0.15) is 0 Å². The first kappa shape index (κ1) is 14.0. The van der Waals surface area contributed by atoms with Crippen molar-refractivity contribution < 1.29 is 19.1 Å². The zero-order valence-corrected chi connectivity index (χ0v) is 13.7. The number of hydrogen-bond donors (Lipinski definition) is 0. The quantitative estimate of drug-likeness (QED) is 0.437. The van der Waals surface area contributed by atoms with Gasteiger partial charge in [-0.05, 0) is 28.8 Å². The highest BCUT2D eigenvalue weighted by Gasteiger charge is 2.49. The molecule has 1 atom stereocenters. The molecule has 0 saturated heterocycles. The summed E-state index contributed by atoms with van der Waals surface area (Å²) in [4.78, 5) is 25.2. The van der Waals surface area contributed by atoms with Crippen LogP contribution in [0.25, 0.3) is 0 Å². The Morgan fingerprint density at radius 2 is 2.11 bits per heavy atom. The largest absolute Gasteiger partial charge is 0.486 e. The van der Waals surface area contributed by atoms with Gasteiger partial charge in [0.25, 0.3) is 0 Å². The second-order valence-corrected chi connectivity index (χ2v) is 7.04. The summed E-state index contributed by atoms with van der Waals surface area (Å²) in [7, 11) is 2.82. The Balaban J connectivity index is 2.51. The summed E-state index contributed by atoms with van der Waals surface area (Å²) in [6, 6.07) is 0. The van der Waals surface area contributed by atoms with E-state index in [1.807, 2.05) is 0 Å². The third-order valence-corrected chi connectivity index (χ3v) is 6.18. The minimum atomic E-state index is -1.27. The molecule has 4 nitrogen and oxygen atoms in total. The van der Waals surface area contributed by atoms with Crippen molar-refractivity contribution in [1.29, 1.82) is 0 Å². The van der Waals surface area contributed by atoms with Gasteiger partial charge in [-0.25, -0.2) is 0 Å². The molecule has 0 bridgehead atoms. The van der Waals surface area contributed by atoms with Gasteiger partial charge in [0.05, 0.1) is 24.3 Å². The number of methoxy groups -OCH3 is 2. The zero-order chi connectivity index (χ0) is 13.5. The molecule has 0 saturated carbocycles. The maximum absolute atomic E-state index is 12.5. The lowest BCUT2D eigenvalue weighted by Gasteiger charge is -2.27. The molecule has 0 aliphatic heterocycles. The van der Waals surface area contributed by atoms with E-state index in [0.29, 0.717) is 27.9 Å². The van der Waals surface area contributed by atoms with Crippen LogP contribution >= 0.6 is 43.2 Å². The average Bonchev–Trinajstić information content (AvgIpc) is 2.70. The Morgan fingerprint density at radius 1 is 1.44 bits per heavy atom. The Bertz CT molecular complexity index is 525. The summed E-state index contributed by atoms with van der Waals surface area (Å²) < 4.78 is 9.23. The van der Waals surface area contributed by atoms with E-state index in [1.165, 1.54) is 18.4 Å². The molecule has 98 valence electrons. The number of ketones is 1. The third kappa shape index (κ3) is 1.92. The molecule has 0 spiro atoms. The summed E-state index contributed by atoms with van der Waals surface area (Å²) in [5.41, 5.74) is 0.519. The molecule has 7 heteroatoms. The van der Waals surface area contributed by atoms with E-state index in [0.717, 1.165) is 4.88 Å². The van der Waals surface area contributed by atoms with Crippen LogP contribution < -0.4 is 4.74 Å². The maximum atomic E-state index is 12.5. The average molecular weight is 398 g/mol. The molecule has 2 rings (SSSR count). The number of Topliss-reactive ketones (excluding diaryl/α,β-unsaturated/α-hetero) is 1. The molecule has 1 heterocycles. The van der Waals surface area contributed by atoms with Gasteiger partial charge < -0.3 is 9.47 Å². The van der Waals surface area contributed by atoms with Crippen molar-refractivity contribution in [2.45, 2.75) is 17.2 Å². The number of esters is 1. The molecule has 0 N–H and O–H groups in total. The van der Waals surface area contributed by atoms with E-state index in [2.05, 4.69) is 31.9 Å². The van der Waals surface area contributed by atoms with Crippen molar-refractivity contribution in [2.24, 2.45) is 0 Å². The second-order valence-electron chi connectivity index (χ2n) is 3.83. The van der Waals surface area contributed by atoms with Gasteiger partial charge >= 0.3 is 5.97 Å². The van der Waals surface area contributed by atoms with E-state index in [9.17, 15) is 9.59 Å². The molecule has 1 aliphatic carbocycles. The fraction of sp³-hybridized carbons (Fsp3) is 0.455. The summed E-state index contributed by atoms with van der Waals surface area (Å²) in [6.45, 7) is 0.